The highest BCUT2D eigenvalue weighted by Crippen LogP contribution is 2.40. The lowest BCUT2D eigenvalue weighted by Crippen LogP contribution is -2.39. The Morgan fingerprint density at radius 3 is 2.28 bits per heavy atom. The molecule has 1 aliphatic carbocycles. The van der Waals surface area contributed by atoms with E-state index < -0.39 is 0 Å². The Balaban J connectivity index is 1.76. The molecule has 0 atom stereocenters. The van der Waals surface area contributed by atoms with Crippen LogP contribution in [0.15, 0.2) is 30.3 Å². The first-order valence-corrected chi connectivity index (χ1v) is 9.44. The molecule has 0 aliphatic heterocycles. The van der Waals surface area contributed by atoms with Gasteiger partial charge in [0.1, 0.15) is 0 Å². The van der Waals surface area contributed by atoms with E-state index in [1.807, 2.05) is 26.8 Å². The first-order chi connectivity index (χ1) is 11.8. The van der Waals surface area contributed by atoms with Crippen molar-refractivity contribution in [1.29, 1.82) is 0 Å². The highest BCUT2D eigenvalue weighted by molar-refractivity contribution is 5.81. The topological polar surface area (TPSA) is 58.2 Å². The van der Waals surface area contributed by atoms with Gasteiger partial charge in [-0.25, -0.2) is 0 Å². The van der Waals surface area contributed by atoms with Crippen molar-refractivity contribution in [2.45, 2.75) is 64.7 Å². The van der Waals surface area contributed by atoms with Gasteiger partial charge in [0.15, 0.2) is 0 Å². The smallest absolute Gasteiger partial charge is 0.225 e. The van der Waals surface area contributed by atoms with Crippen molar-refractivity contribution in [2.75, 3.05) is 13.1 Å². The molecule has 2 N–H and O–H groups in total. The summed E-state index contributed by atoms with van der Waals surface area (Å²) in [6.07, 6.45) is 5.85. The molecule has 1 fully saturated rings. The Bertz CT molecular complexity index is 569. The summed E-state index contributed by atoms with van der Waals surface area (Å²) in [7, 11) is 0. The van der Waals surface area contributed by atoms with Gasteiger partial charge in [-0.05, 0) is 24.8 Å². The van der Waals surface area contributed by atoms with E-state index in [9.17, 15) is 9.59 Å². The van der Waals surface area contributed by atoms with E-state index in [-0.39, 0.29) is 22.6 Å². The molecular weight excluding hydrogens is 312 g/mol. The van der Waals surface area contributed by atoms with Gasteiger partial charge in [-0.15, -0.1) is 0 Å². The monoisotopic (exact) mass is 344 g/mol. The molecule has 1 aromatic rings. The maximum Gasteiger partial charge on any atom is 0.225 e. The van der Waals surface area contributed by atoms with Crippen molar-refractivity contribution in [1.82, 2.24) is 10.6 Å². The number of hydrogen-bond acceptors (Lipinski definition) is 2. The fraction of sp³-hybridized carbons (Fsp3) is 0.619. The molecule has 1 aromatic carbocycles. The van der Waals surface area contributed by atoms with Crippen LogP contribution in [-0.4, -0.2) is 24.9 Å². The summed E-state index contributed by atoms with van der Waals surface area (Å²) in [6, 6.07) is 10.6. The molecule has 0 radical (unpaired) electrons. The van der Waals surface area contributed by atoms with E-state index >= 15 is 0 Å². The molecule has 2 amide bonds. The number of carbonyl (C=O) groups excluding carboxylic acids is 2. The minimum Gasteiger partial charge on any atom is -0.356 e. The van der Waals surface area contributed by atoms with Gasteiger partial charge in [0.25, 0.3) is 0 Å². The molecule has 138 valence electrons. The first-order valence-electron chi connectivity index (χ1n) is 9.44. The lowest BCUT2D eigenvalue weighted by molar-refractivity contribution is -0.128. The summed E-state index contributed by atoms with van der Waals surface area (Å²) in [4.78, 5) is 24.0. The van der Waals surface area contributed by atoms with Gasteiger partial charge in [-0.1, -0.05) is 63.9 Å². The molecule has 0 aromatic heterocycles. The number of rotatable bonds is 7. The van der Waals surface area contributed by atoms with Crippen molar-refractivity contribution in [2.24, 2.45) is 5.41 Å². The quantitative estimate of drug-likeness (QED) is 0.743. The normalized spacial score (nSPS) is 16.4. The van der Waals surface area contributed by atoms with E-state index in [0.717, 1.165) is 12.8 Å². The third kappa shape index (κ3) is 5.58. The lowest BCUT2D eigenvalue weighted by atomic mass is 9.79. The maximum absolute atomic E-state index is 12.2. The second-order valence-electron chi connectivity index (χ2n) is 8.24. The number of hydrogen-bond donors (Lipinski definition) is 2. The molecule has 4 nitrogen and oxygen atoms in total. The van der Waals surface area contributed by atoms with Crippen LogP contribution in [-0.2, 0) is 15.0 Å². The van der Waals surface area contributed by atoms with Crippen LogP contribution in [0.5, 0.6) is 0 Å². The third-order valence-corrected chi connectivity index (χ3v) is 5.12. The van der Waals surface area contributed by atoms with Crippen molar-refractivity contribution in [3.8, 4) is 0 Å². The van der Waals surface area contributed by atoms with Crippen molar-refractivity contribution in [3.05, 3.63) is 35.9 Å². The van der Waals surface area contributed by atoms with E-state index in [0.29, 0.717) is 25.9 Å². The summed E-state index contributed by atoms with van der Waals surface area (Å²) in [5, 5.41) is 6.02. The van der Waals surface area contributed by atoms with Crippen LogP contribution in [0.25, 0.3) is 0 Å². The average molecular weight is 344 g/mol. The lowest BCUT2D eigenvalue weighted by Gasteiger charge is -2.30. The molecule has 0 heterocycles. The Morgan fingerprint density at radius 2 is 1.68 bits per heavy atom. The summed E-state index contributed by atoms with van der Waals surface area (Å²) in [5.41, 5.74) is 1.05. The zero-order valence-electron chi connectivity index (χ0n) is 15.9. The van der Waals surface area contributed by atoms with Gasteiger partial charge in [-0.2, -0.15) is 0 Å². The second-order valence-corrected chi connectivity index (χ2v) is 8.24. The zero-order valence-corrected chi connectivity index (χ0v) is 15.9. The van der Waals surface area contributed by atoms with Gasteiger partial charge in [0.05, 0.1) is 0 Å². The molecule has 0 bridgehead atoms. The first kappa shape index (κ1) is 19.5. The van der Waals surface area contributed by atoms with Gasteiger partial charge >= 0.3 is 0 Å². The standard InChI is InChI=1S/C21H32N2O2/c1-20(2,3)19(25)22-15-9-12-18(24)23-16-21(13-7-8-14-21)17-10-5-4-6-11-17/h4-6,10-11H,7-9,12-16H2,1-3H3,(H,22,25)(H,23,24). The highest BCUT2D eigenvalue weighted by atomic mass is 16.2. The van der Waals surface area contributed by atoms with Crippen LogP contribution < -0.4 is 10.6 Å². The van der Waals surface area contributed by atoms with Crippen LogP contribution in [0.2, 0.25) is 0 Å². The minimum absolute atomic E-state index is 0.0295. The Morgan fingerprint density at radius 1 is 1.04 bits per heavy atom. The third-order valence-electron chi connectivity index (χ3n) is 5.12. The van der Waals surface area contributed by atoms with Crippen LogP contribution in [0.4, 0.5) is 0 Å². The summed E-state index contributed by atoms with van der Waals surface area (Å²) >= 11 is 0. The molecule has 1 aliphatic rings. The number of nitrogens with one attached hydrogen (secondary N) is 2. The fourth-order valence-electron chi connectivity index (χ4n) is 3.48. The van der Waals surface area contributed by atoms with Crippen LogP contribution in [0.3, 0.4) is 0 Å². The molecule has 0 unspecified atom stereocenters. The van der Waals surface area contributed by atoms with E-state index in [2.05, 4.69) is 34.9 Å². The van der Waals surface area contributed by atoms with Gasteiger partial charge in [0, 0.05) is 30.3 Å². The number of carbonyl (C=O) groups is 2. The Labute approximate surface area is 151 Å². The highest BCUT2D eigenvalue weighted by Gasteiger charge is 2.35. The molecule has 1 saturated carbocycles. The van der Waals surface area contributed by atoms with Crippen LogP contribution in [0, 0.1) is 5.41 Å². The van der Waals surface area contributed by atoms with Crippen LogP contribution >= 0.6 is 0 Å². The molecule has 4 heteroatoms. The van der Waals surface area contributed by atoms with Crippen molar-refractivity contribution in [3.63, 3.8) is 0 Å². The Hall–Kier alpha value is -1.84. The number of amides is 2. The summed E-state index contributed by atoms with van der Waals surface area (Å²) in [6.45, 7) is 6.93. The summed E-state index contributed by atoms with van der Waals surface area (Å²) < 4.78 is 0. The Kier molecular flexibility index (Phi) is 6.63. The molecule has 25 heavy (non-hydrogen) atoms. The van der Waals surface area contributed by atoms with Crippen molar-refractivity contribution < 1.29 is 9.59 Å². The van der Waals surface area contributed by atoms with Gasteiger partial charge in [-0.3, -0.25) is 9.59 Å². The number of benzene rings is 1. The predicted octanol–water partition coefficient (Wildman–Crippen LogP) is 3.56. The second kappa shape index (κ2) is 8.50. The van der Waals surface area contributed by atoms with Gasteiger partial charge in [0.2, 0.25) is 11.8 Å². The van der Waals surface area contributed by atoms with E-state index in [4.69, 9.17) is 0 Å². The zero-order chi connectivity index (χ0) is 18.3. The summed E-state index contributed by atoms with van der Waals surface area (Å²) in [5.74, 6) is 0.106. The van der Waals surface area contributed by atoms with Crippen LogP contribution in [0.1, 0.15) is 64.9 Å². The predicted molar refractivity (Wildman–Crippen MR) is 101 cm³/mol. The molecule has 0 spiro atoms. The van der Waals surface area contributed by atoms with E-state index in [1.165, 1.54) is 18.4 Å². The largest absolute Gasteiger partial charge is 0.356 e. The fourth-order valence-corrected chi connectivity index (χ4v) is 3.48. The van der Waals surface area contributed by atoms with Crippen molar-refractivity contribution >= 4 is 11.8 Å². The molecule has 2 rings (SSSR count). The molecular formula is C21H32N2O2. The van der Waals surface area contributed by atoms with E-state index in [1.54, 1.807) is 0 Å². The van der Waals surface area contributed by atoms with Gasteiger partial charge < -0.3 is 10.6 Å². The maximum atomic E-state index is 12.2. The SMILES string of the molecule is CC(C)(C)C(=O)NCCCC(=O)NCC1(c2ccccc2)CCCC1. The average Bonchev–Trinajstić information content (AvgIpc) is 3.07. The minimum atomic E-state index is -0.382. The molecule has 0 saturated heterocycles.